The van der Waals surface area contributed by atoms with Crippen molar-refractivity contribution in [2.45, 2.75) is 58.5 Å². The first-order chi connectivity index (χ1) is 17.9. The number of carbonyl (C=O) groups is 1. The first kappa shape index (κ1) is 25.3. The van der Waals surface area contributed by atoms with Gasteiger partial charge in [0.15, 0.2) is 5.17 Å². The molecule has 1 saturated heterocycles. The number of amidine groups is 1. The standard InChI is InChI=1S/C32H35N3OS/c1-5-18-35-28-17-16-25(19-27(28)23(2)21-32(35,3)4)20-29-30(36)34(22-24-12-8-6-9-13-24)31(37-29)33-26-14-10-7-11-15-26/h6-17,19-20,23H,5,18,21-22H2,1-4H3/b29-20+,33-31?. The summed E-state index contributed by atoms with van der Waals surface area (Å²) in [6.45, 7) is 10.8. The van der Waals surface area contributed by atoms with E-state index in [1.807, 2.05) is 66.7 Å². The third-order valence-electron chi connectivity index (χ3n) is 7.21. The number of amides is 1. The van der Waals surface area contributed by atoms with E-state index in [9.17, 15) is 4.79 Å². The van der Waals surface area contributed by atoms with Crippen LogP contribution in [0.1, 0.15) is 63.1 Å². The summed E-state index contributed by atoms with van der Waals surface area (Å²) in [5, 5.41) is 0.716. The lowest BCUT2D eigenvalue weighted by atomic mass is 9.79. The first-order valence-electron chi connectivity index (χ1n) is 13.2. The molecule has 5 heteroatoms. The quantitative estimate of drug-likeness (QED) is 0.316. The zero-order valence-corrected chi connectivity index (χ0v) is 23.0. The van der Waals surface area contributed by atoms with Crippen molar-refractivity contribution in [1.29, 1.82) is 0 Å². The van der Waals surface area contributed by atoms with Gasteiger partial charge >= 0.3 is 0 Å². The molecule has 1 fully saturated rings. The molecule has 2 aliphatic heterocycles. The molecule has 1 atom stereocenters. The molecule has 0 radical (unpaired) electrons. The number of thioether (sulfide) groups is 1. The van der Waals surface area contributed by atoms with Crippen LogP contribution in [0.15, 0.2) is 88.8 Å². The maximum absolute atomic E-state index is 13.6. The van der Waals surface area contributed by atoms with E-state index < -0.39 is 0 Å². The zero-order valence-electron chi connectivity index (χ0n) is 22.1. The highest BCUT2D eigenvalue weighted by Crippen LogP contribution is 2.44. The molecule has 3 aromatic carbocycles. The van der Waals surface area contributed by atoms with Gasteiger partial charge in [0, 0.05) is 17.8 Å². The summed E-state index contributed by atoms with van der Waals surface area (Å²) in [6, 6.07) is 26.6. The summed E-state index contributed by atoms with van der Waals surface area (Å²) in [7, 11) is 0. The van der Waals surface area contributed by atoms with E-state index in [1.165, 1.54) is 23.0 Å². The van der Waals surface area contributed by atoms with Gasteiger partial charge < -0.3 is 4.90 Å². The number of hydrogen-bond acceptors (Lipinski definition) is 4. The largest absolute Gasteiger partial charge is 0.366 e. The van der Waals surface area contributed by atoms with Crippen LogP contribution in [0, 0.1) is 0 Å². The molecule has 2 aliphatic rings. The Morgan fingerprint density at radius 3 is 2.43 bits per heavy atom. The Hall–Kier alpha value is -3.31. The first-order valence-corrected chi connectivity index (χ1v) is 14.0. The van der Waals surface area contributed by atoms with Crippen molar-refractivity contribution in [3.8, 4) is 0 Å². The molecule has 2 heterocycles. The SMILES string of the molecule is CCCN1c2ccc(/C=C3/SC(=Nc4ccccc4)N(Cc4ccccc4)C3=O)cc2C(C)CC1(C)C. The molecule has 1 unspecified atom stereocenters. The molecule has 0 aromatic heterocycles. The molecule has 0 spiro atoms. The minimum Gasteiger partial charge on any atom is -0.366 e. The smallest absolute Gasteiger partial charge is 0.267 e. The number of hydrogen-bond donors (Lipinski definition) is 0. The Morgan fingerprint density at radius 1 is 1.03 bits per heavy atom. The zero-order chi connectivity index (χ0) is 26.0. The van der Waals surface area contributed by atoms with Crippen molar-refractivity contribution in [2.24, 2.45) is 4.99 Å². The van der Waals surface area contributed by atoms with Crippen molar-refractivity contribution in [2.75, 3.05) is 11.4 Å². The van der Waals surface area contributed by atoms with E-state index in [4.69, 9.17) is 4.99 Å². The second-order valence-corrected chi connectivity index (χ2v) is 11.6. The molecule has 0 saturated carbocycles. The Labute approximate surface area is 225 Å². The molecular formula is C32H35N3OS. The Kier molecular flexibility index (Phi) is 7.25. The predicted molar refractivity (Wildman–Crippen MR) is 157 cm³/mol. The number of aliphatic imine (C=N–C) groups is 1. The van der Waals surface area contributed by atoms with Crippen molar-refractivity contribution in [3.05, 3.63) is 100 Å². The number of anilines is 1. The van der Waals surface area contributed by atoms with Crippen LogP contribution in [0.3, 0.4) is 0 Å². The summed E-state index contributed by atoms with van der Waals surface area (Å²) in [5.41, 5.74) is 5.84. The second-order valence-electron chi connectivity index (χ2n) is 10.6. The lowest BCUT2D eigenvalue weighted by Gasteiger charge is -2.47. The molecular weight excluding hydrogens is 474 g/mol. The maximum Gasteiger partial charge on any atom is 0.267 e. The fraction of sp³-hybridized carbons (Fsp3) is 0.312. The maximum atomic E-state index is 13.6. The van der Waals surface area contributed by atoms with Crippen LogP contribution in [0.4, 0.5) is 11.4 Å². The average molecular weight is 510 g/mol. The minimum absolute atomic E-state index is 0.00282. The summed E-state index contributed by atoms with van der Waals surface area (Å²) < 4.78 is 0. The lowest BCUT2D eigenvalue weighted by molar-refractivity contribution is -0.122. The van der Waals surface area contributed by atoms with Crippen molar-refractivity contribution < 1.29 is 4.79 Å². The van der Waals surface area contributed by atoms with Crippen LogP contribution in [-0.2, 0) is 11.3 Å². The summed E-state index contributed by atoms with van der Waals surface area (Å²) in [4.78, 5) is 23.5. The Balaban J connectivity index is 1.49. The molecule has 3 aromatic rings. The number of para-hydroxylation sites is 1. The number of fused-ring (bicyclic) bond motifs is 1. The highest BCUT2D eigenvalue weighted by atomic mass is 32.2. The van der Waals surface area contributed by atoms with Crippen LogP contribution >= 0.6 is 11.8 Å². The van der Waals surface area contributed by atoms with Crippen LogP contribution in [0.2, 0.25) is 0 Å². The van der Waals surface area contributed by atoms with Crippen LogP contribution < -0.4 is 4.90 Å². The van der Waals surface area contributed by atoms with Gasteiger partial charge in [-0.15, -0.1) is 0 Å². The number of benzene rings is 3. The molecule has 1 amide bonds. The van der Waals surface area contributed by atoms with Gasteiger partial charge in [0.25, 0.3) is 5.91 Å². The fourth-order valence-electron chi connectivity index (χ4n) is 5.51. The van der Waals surface area contributed by atoms with E-state index in [2.05, 4.69) is 50.8 Å². The Morgan fingerprint density at radius 2 is 1.73 bits per heavy atom. The molecule has 0 aliphatic carbocycles. The van der Waals surface area contributed by atoms with Gasteiger partial charge in [-0.1, -0.05) is 68.4 Å². The van der Waals surface area contributed by atoms with E-state index in [0.717, 1.165) is 36.2 Å². The lowest BCUT2D eigenvalue weighted by Crippen LogP contribution is -2.48. The molecule has 0 bridgehead atoms. The van der Waals surface area contributed by atoms with Crippen molar-refractivity contribution in [3.63, 3.8) is 0 Å². The number of rotatable bonds is 6. The topological polar surface area (TPSA) is 35.9 Å². The minimum atomic E-state index is 0.00282. The molecule has 37 heavy (non-hydrogen) atoms. The van der Waals surface area contributed by atoms with Crippen molar-refractivity contribution in [1.82, 2.24) is 4.90 Å². The van der Waals surface area contributed by atoms with Gasteiger partial charge in [-0.3, -0.25) is 9.69 Å². The Bertz CT molecular complexity index is 1330. The molecule has 4 nitrogen and oxygen atoms in total. The average Bonchev–Trinajstić information content (AvgIpc) is 3.16. The van der Waals surface area contributed by atoms with E-state index in [0.29, 0.717) is 22.5 Å². The predicted octanol–water partition coefficient (Wildman–Crippen LogP) is 7.99. The van der Waals surface area contributed by atoms with Gasteiger partial charge in [0.1, 0.15) is 0 Å². The summed E-state index contributed by atoms with van der Waals surface area (Å²) >= 11 is 1.46. The summed E-state index contributed by atoms with van der Waals surface area (Å²) in [6.07, 6.45) is 4.27. The fourth-order valence-corrected chi connectivity index (χ4v) is 6.50. The molecule has 0 N–H and O–H groups in total. The van der Waals surface area contributed by atoms with Crippen LogP contribution in [-0.4, -0.2) is 28.1 Å². The third kappa shape index (κ3) is 5.37. The molecule has 190 valence electrons. The van der Waals surface area contributed by atoms with Gasteiger partial charge in [-0.25, -0.2) is 4.99 Å². The van der Waals surface area contributed by atoms with Crippen LogP contribution in [0.25, 0.3) is 6.08 Å². The monoisotopic (exact) mass is 509 g/mol. The van der Waals surface area contributed by atoms with E-state index in [1.54, 1.807) is 4.90 Å². The van der Waals surface area contributed by atoms with Gasteiger partial charge in [0.05, 0.1) is 17.1 Å². The highest BCUT2D eigenvalue weighted by Gasteiger charge is 2.36. The van der Waals surface area contributed by atoms with Crippen molar-refractivity contribution >= 4 is 40.3 Å². The van der Waals surface area contributed by atoms with Gasteiger partial charge in [0.2, 0.25) is 0 Å². The van der Waals surface area contributed by atoms with Crippen LogP contribution in [0.5, 0.6) is 0 Å². The third-order valence-corrected chi connectivity index (χ3v) is 8.21. The highest BCUT2D eigenvalue weighted by molar-refractivity contribution is 8.18. The van der Waals surface area contributed by atoms with Gasteiger partial charge in [-0.05, 0) is 91.4 Å². The normalized spacial score (nSPS) is 21.1. The van der Waals surface area contributed by atoms with Gasteiger partial charge in [-0.2, -0.15) is 0 Å². The van der Waals surface area contributed by atoms with E-state index in [-0.39, 0.29) is 11.4 Å². The van der Waals surface area contributed by atoms with E-state index >= 15 is 0 Å². The number of nitrogens with zero attached hydrogens (tertiary/aromatic N) is 3. The molecule has 5 rings (SSSR count). The number of carbonyl (C=O) groups excluding carboxylic acids is 1. The summed E-state index contributed by atoms with van der Waals surface area (Å²) in [5.74, 6) is 0.469. The second kappa shape index (κ2) is 10.6.